The number of hydrogen-bond donors (Lipinski definition) is 3. The zero-order valence-electron chi connectivity index (χ0n) is 18.2. The summed E-state index contributed by atoms with van der Waals surface area (Å²) >= 11 is -0.805. The van der Waals surface area contributed by atoms with Gasteiger partial charge in [-0.15, -0.1) is 0 Å². The van der Waals surface area contributed by atoms with Crippen LogP contribution in [0.1, 0.15) is 35.1 Å². The SMILES string of the molecule is C.C.CCC.CO.CO[Si](C)(O)[O][Al-]([CH3])[O][Si](C)(C)O.O.O.O.O=[Si]=O.[Al].[CH3+].[O]=[Al]. The van der Waals surface area contributed by atoms with Gasteiger partial charge >= 0.3 is 52.9 Å². The van der Waals surface area contributed by atoms with E-state index in [2.05, 4.69) is 13.8 Å². The summed E-state index contributed by atoms with van der Waals surface area (Å²) < 4.78 is 40.3. The monoisotopic (exact) mass is 547 g/mol. The molecule has 0 aliphatic heterocycles. The maximum atomic E-state index is 9.47. The zero-order valence-corrected chi connectivity index (χ0v) is 24.7. The Morgan fingerprint density at radius 1 is 0.933 bits per heavy atom. The first kappa shape index (κ1) is 77.2. The van der Waals surface area contributed by atoms with Crippen molar-refractivity contribution in [1.82, 2.24) is 0 Å². The van der Waals surface area contributed by atoms with Crippen LogP contribution in [0.25, 0.3) is 0 Å². The molecule has 5 radical (unpaired) electrons. The van der Waals surface area contributed by atoms with Gasteiger partial charge in [0.2, 0.25) is 0 Å². The molecule has 12 nitrogen and oxygen atoms in total. The Morgan fingerprint density at radius 2 is 1.13 bits per heavy atom. The third-order valence-corrected chi connectivity index (χ3v) is 8.69. The van der Waals surface area contributed by atoms with Crippen LogP contribution in [0.3, 0.4) is 0 Å². The normalized spacial score (nSPS) is 8.77. The van der Waals surface area contributed by atoms with Crippen LogP contribution in [0, 0.1) is 7.43 Å². The summed E-state index contributed by atoms with van der Waals surface area (Å²) in [6, 6.07) is 0. The fourth-order valence-corrected chi connectivity index (χ4v) is 7.51. The summed E-state index contributed by atoms with van der Waals surface area (Å²) in [6.07, 6.45) is 1.25. The molecule has 0 aromatic rings. The molecular weight excluding hydrogens is 501 g/mol. The molecule has 0 saturated carbocycles. The van der Waals surface area contributed by atoms with Crippen molar-refractivity contribution in [1.29, 1.82) is 0 Å². The zero-order chi connectivity index (χ0) is 20.1. The van der Waals surface area contributed by atoms with Gasteiger partial charge in [-0.1, -0.05) is 35.1 Å². The van der Waals surface area contributed by atoms with Crippen LogP contribution in [-0.2, 0) is 24.1 Å². The molecule has 18 heteroatoms. The molecule has 0 amide bonds. The van der Waals surface area contributed by atoms with Crippen LogP contribution in [0.4, 0.5) is 0 Å². The molecule has 0 fully saturated rings. The Morgan fingerprint density at radius 3 is 1.27 bits per heavy atom. The second kappa shape index (κ2) is 57.3. The predicted molar refractivity (Wildman–Crippen MR) is 128 cm³/mol. The number of aliphatic hydroxyl groups is 1. The minimum absolute atomic E-state index is 0. The van der Waals surface area contributed by atoms with E-state index >= 15 is 0 Å². The molecule has 0 heterocycles. The molecule has 0 aromatic heterocycles. The van der Waals surface area contributed by atoms with Gasteiger partial charge in [0.05, 0.1) is 0 Å². The van der Waals surface area contributed by atoms with Gasteiger partial charge in [-0.05, 0) is 13.1 Å². The van der Waals surface area contributed by atoms with Crippen molar-refractivity contribution >= 4 is 75.1 Å². The van der Waals surface area contributed by atoms with E-state index in [1.165, 1.54) is 36.3 Å². The molecule has 0 saturated heterocycles. The van der Waals surface area contributed by atoms with Crippen molar-refractivity contribution in [2.75, 3.05) is 14.2 Å². The molecule has 1 atom stereocenters. The van der Waals surface area contributed by atoms with Gasteiger partial charge in [-0.25, -0.2) is 0 Å². The van der Waals surface area contributed by atoms with Gasteiger partial charge in [-0.3, -0.25) is 8.92 Å². The number of aliphatic hydroxyl groups excluding tert-OH is 1. The van der Waals surface area contributed by atoms with Gasteiger partial charge in [0.15, 0.2) is 0 Å². The number of rotatable bonds is 5. The molecule has 30 heavy (non-hydrogen) atoms. The van der Waals surface area contributed by atoms with Gasteiger partial charge < -0.3 is 42.5 Å². The van der Waals surface area contributed by atoms with E-state index in [0.717, 1.165) is 7.11 Å². The molecule has 0 aliphatic carbocycles. The van der Waals surface area contributed by atoms with E-state index in [0.29, 0.717) is 0 Å². The number of hydrogen-bond acceptors (Lipinski definition) is 9. The second-order valence-corrected chi connectivity index (χ2v) is 12.4. The quantitative estimate of drug-likeness (QED) is 0.277. The van der Waals surface area contributed by atoms with Crippen LogP contribution >= 0.6 is 0 Å². The summed E-state index contributed by atoms with van der Waals surface area (Å²) in [4.78, 5) is 18.9. The van der Waals surface area contributed by atoms with Gasteiger partial charge in [0.1, 0.15) is 0 Å². The van der Waals surface area contributed by atoms with Crippen LogP contribution in [0.2, 0.25) is 25.4 Å². The third-order valence-electron chi connectivity index (χ3n) is 1.22. The average Bonchev–Trinajstić information content (AvgIpc) is 2.42. The molecule has 0 rings (SSSR count). The first-order valence-electron chi connectivity index (χ1n) is 6.52. The van der Waals surface area contributed by atoms with E-state index in [-0.39, 0.29) is 56.1 Å². The predicted octanol–water partition coefficient (Wildman–Crippen LogP) is -1.19. The molecule has 1 unspecified atom stereocenters. The van der Waals surface area contributed by atoms with Gasteiger partial charge in [0.25, 0.3) is 8.56 Å². The Bertz CT molecular complexity index is 273. The fourth-order valence-electron chi connectivity index (χ4n) is 0.786. The second-order valence-electron chi connectivity index (χ2n) is 4.14. The molecule has 0 aromatic carbocycles. The molecule has 0 aliphatic rings. The summed E-state index contributed by atoms with van der Waals surface area (Å²) in [7, 11) is -4.55. The van der Waals surface area contributed by atoms with Crippen molar-refractivity contribution in [2.45, 2.75) is 60.5 Å². The Labute approximate surface area is 211 Å². The third kappa shape index (κ3) is 115. The molecule has 9 N–H and O–H groups in total. The van der Waals surface area contributed by atoms with Crippen LogP contribution in [-0.4, -0.2) is 120 Å². The topological polar surface area (TPSA) is 234 Å². The van der Waals surface area contributed by atoms with Gasteiger partial charge in [0, 0.05) is 45.6 Å². The maximum absolute atomic E-state index is 9.47. The van der Waals surface area contributed by atoms with E-state index in [1.54, 1.807) is 18.9 Å². The molecule has 0 spiro atoms. The fraction of sp³-hybridized carbons (Fsp3) is 0.917. The minimum atomic E-state index is -2.99. The molecular formula is C12H46Al3O12Si3. The van der Waals surface area contributed by atoms with Gasteiger partial charge in [-0.2, -0.15) is 5.79 Å². The standard InChI is InChI=1S/C3H8.C2H7O3Si.C2H7O2Si.CH4O.2CH4.2CH3.3Al.O2Si.3H2O.O/c1-3-2;1-5-6(2,3)4;1-5(2,3)4;1-2;;;;;;;;1-3-2;;;;/h3H2,1-2H3;3H,1-2H3;3H,1-2H3;2H,1H3;2*1H4;2*1H3;;;;;3*1H2;/q;2*-1;;;;;+1;;;+1;;;;;. The van der Waals surface area contributed by atoms with Crippen molar-refractivity contribution < 1.29 is 55.2 Å². The molecule has 187 valence electrons. The van der Waals surface area contributed by atoms with Crippen molar-refractivity contribution in [3.05, 3.63) is 7.43 Å². The Hall–Kier alpha value is 1.16. The van der Waals surface area contributed by atoms with Crippen LogP contribution in [0.5, 0.6) is 0 Å². The van der Waals surface area contributed by atoms with E-state index < -0.39 is 41.5 Å². The summed E-state index contributed by atoms with van der Waals surface area (Å²) in [6.45, 7) is 9.08. The average molecular weight is 548 g/mol. The summed E-state index contributed by atoms with van der Waals surface area (Å²) in [5.41, 5.74) is 0. The van der Waals surface area contributed by atoms with E-state index in [9.17, 15) is 9.59 Å². The van der Waals surface area contributed by atoms with E-state index in [1.807, 2.05) is 0 Å². The Balaban J connectivity index is -0.0000000167. The Kier molecular flexibility index (Phi) is 147. The van der Waals surface area contributed by atoms with Crippen molar-refractivity contribution in [2.24, 2.45) is 0 Å². The summed E-state index contributed by atoms with van der Waals surface area (Å²) in [5.74, 6) is 1.76. The van der Waals surface area contributed by atoms with Crippen molar-refractivity contribution in [3.63, 3.8) is 0 Å². The van der Waals surface area contributed by atoms with Crippen LogP contribution < -0.4 is 0 Å². The van der Waals surface area contributed by atoms with E-state index in [4.69, 9.17) is 29.2 Å². The summed E-state index contributed by atoms with van der Waals surface area (Å²) in [5, 5.41) is 7.00. The van der Waals surface area contributed by atoms with Crippen molar-refractivity contribution in [3.8, 4) is 0 Å². The first-order chi connectivity index (χ1) is 10.5. The first-order valence-corrected chi connectivity index (χ1v) is 15.0. The molecule has 0 bridgehead atoms. The van der Waals surface area contributed by atoms with Crippen LogP contribution in [0.15, 0.2) is 0 Å².